The molecule has 3 heteroatoms. The van der Waals surface area contributed by atoms with Crippen molar-refractivity contribution in [3.05, 3.63) is 12.2 Å². The predicted octanol–water partition coefficient (Wildman–Crippen LogP) is 1.81. The molecule has 11 heavy (non-hydrogen) atoms. The van der Waals surface area contributed by atoms with E-state index in [1.165, 1.54) is 7.11 Å². The summed E-state index contributed by atoms with van der Waals surface area (Å²) < 4.78 is 4.74. The van der Waals surface area contributed by atoms with E-state index in [9.17, 15) is 4.79 Å². The second kappa shape index (κ2) is 2.20. The highest BCUT2D eigenvalue weighted by Crippen LogP contribution is 2.52. The Labute approximate surface area is 68.3 Å². The highest BCUT2D eigenvalue weighted by atomic mass is 28.3. The Hall–Kier alpha value is -0.573. The molecule has 1 rings (SSSR count). The van der Waals surface area contributed by atoms with Crippen LogP contribution in [-0.2, 0) is 9.53 Å². The molecule has 0 spiro atoms. The molecule has 0 radical (unpaired) electrons. The first kappa shape index (κ1) is 8.52. The average molecular weight is 170 g/mol. The third-order valence-electron chi connectivity index (χ3n) is 2.26. The molecule has 0 fully saturated rings. The fourth-order valence-corrected chi connectivity index (χ4v) is 2.99. The first-order chi connectivity index (χ1) is 4.94. The van der Waals surface area contributed by atoms with Crippen LogP contribution in [0.4, 0.5) is 0 Å². The minimum absolute atomic E-state index is 0.0864. The molecule has 0 aromatic heterocycles. The fourth-order valence-electron chi connectivity index (χ4n) is 1.19. The largest absolute Gasteiger partial charge is 0.468 e. The third-order valence-corrected chi connectivity index (χ3v) is 5.28. The van der Waals surface area contributed by atoms with Gasteiger partial charge in [0, 0.05) is 0 Å². The molecule has 0 bridgehead atoms. The predicted molar refractivity (Wildman–Crippen MR) is 47.2 cm³/mol. The molecule has 0 amide bonds. The van der Waals surface area contributed by atoms with Gasteiger partial charge in [-0.15, -0.1) is 0 Å². The minimum atomic E-state index is -1.44. The zero-order valence-corrected chi connectivity index (χ0v) is 8.47. The monoisotopic (exact) mass is 170 g/mol. The Morgan fingerprint density at radius 1 is 1.36 bits per heavy atom. The first-order valence-corrected chi connectivity index (χ1v) is 7.23. The lowest BCUT2D eigenvalue weighted by molar-refractivity contribution is -0.140. The minimum Gasteiger partial charge on any atom is -0.468 e. The second-order valence-electron chi connectivity index (χ2n) is 3.94. The lowest BCUT2D eigenvalue weighted by Crippen LogP contribution is -2.37. The van der Waals surface area contributed by atoms with Crippen LogP contribution in [0.1, 0.15) is 0 Å². The van der Waals surface area contributed by atoms with Crippen molar-refractivity contribution in [1.82, 2.24) is 0 Å². The molecular formula is C8H14O2Si. The summed E-state index contributed by atoms with van der Waals surface area (Å²) in [6, 6.07) is 0. The zero-order chi connectivity index (χ0) is 8.70. The van der Waals surface area contributed by atoms with Gasteiger partial charge in [0.25, 0.3) is 0 Å². The molecule has 0 aromatic rings. The lowest BCUT2D eigenvalue weighted by atomic mass is 10.4. The van der Waals surface area contributed by atoms with Crippen molar-refractivity contribution in [3.8, 4) is 0 Å². The van der Waals surface area contributed by atoms with Gasteiger partial charge in [-0.05, 0) is 0 Å². The van der Waals surface area contributed by atoms with Crippen LogP contribution in [0.2, 0.25) is 24.7 Å². The average Bonchev–Trinajstić information content (AvgIpc) is 2.63. The van der Waals surface area contributed by atoms with Crippen LogP contribution in [0.3, 0.4) is 0 Å². The van der Waals surface area contributed by atoms with Gasteiger partial charge in [-0.3, -0.25) is 4.79 Å². The maximum atomic E-state index is 11.3. The number of esters is 1. The van der Waals surface area contributed by atoms with Gasteiger partial charge in [0.05, 0.1) is 20.2 Å². The van der Waals surface area contributed by atoms with E-state index in [2.05, 4.69) is 19.6 Å². The van der Waals surface area contributed by atoms with Gasteiger partial charge in [0.2, 0.25) is 0 Å². The molecule has 1 aliphatic rings. The fraction of sp³-hybridized carbons (Fsp3) is 0.625. The van der Waals surface area contributed by atoms with E-state index in [0.717, 1.165) is 0 Å². The Balaban J connectivity index is 2.77. The second-order valence-corrected chi connectivity index (χ2v) is 9.27. The van der Waals surface area contributed by atoms with Crippen molar-refractivity contribution >= 4 is 14.0 Å². The van der Waals surface area contributed by atoms with E-state index >= 15 is 0 Å². The number of ether oxygens (including phenoxy) is 1. The normalized spacial score (nSPS) is 19.6. The highest BCUT2D eigenvalue weighted by molar-refractivity contribution is 6.84. The number of carbonyl (C=O) groups excluding carboxylic acids is 1. The number of methoxy groups -OCH3 is 1. The van der Waals surface area contributed by atoms with E-state index in [1.54, 1.807) is 0 Å². The molecule has 2 nitrogen and oxygen atoms in total. The molecule has 1 aliphatic carbocycles. The molecule has 0 unspecified atom stereocenters. The van der Waals surface area contributed by atoms with Crippen molar-refractivity contribution < 1.29 is 9.53 Å². The topological polar surface area (TPSA) is 26.3 Å². The molecule has 0 atom stereocenters. The molecular weight excluding hydrogens is 156 g/mol. The highest BCUT2D eigenvalue weighted by Gasteiger charge is 2.53. The van der Waals surface area contributed by atoms with Gasteiger partial charge < -0.3 is 4.74 Å². The molecule has 0 saturated heterocycles. The third kappa shape index (κ3) is 1.13. The van der Waals surface area contributed by atoms with Gasteiger partial charge in [-0.25, -0.2) is 0 Å². The molecule has 62 valence electrons. The van der Waals surface area contributed by atoms with E-state index in [4.69, 9.17) is 4.74 Å². The van der Waals surface area contributed by atoms with Gasteiger partial charge in [-0.1, -0.05) is 31.8 Å². The van der Waals surface area contributed by atoms with Crippen LogP contribution in [0.25, 0.3) is 0 Å². The van der Waals surface area contributed by atoms with Crippen molar-refractivity contribution in [2.24, 2.45) is 0 Å². The number of rotatable bonds is 2. The maximum Gasteiger partial charge on any atom is 0.316 e. The van der Waals surface area contributed by atoms with Crippen LogP contribution in [0, 0.1) is 0 Å². The quantitative estimate of drug-likeness (QED) is 0.359. The molecule has 0 aromatic carbocycles. The Kier molecular flexibility index (Phi) is 1.71. The van der Waals surface area contributed by atoms with Crippen LogP contribution in [0.5, 0.6) is 0 Å². The van der Waals surface area contributed by atoms with E-state index in [0.29, 0.717) is 0 Å². The van der Waals surface area contributed by atoms with Gasteiger partial charge >= 0.3 is 5.97 Å². The number of carbonyl (C=O) groups is 1. The molecule has 0 aliphatic heterocycles. The summed E-state index contributed by atoms with van der Waals surface area (Å²) in [4.78, 5) is 11.3. The van der Waals surface area contributed by atoms with Crippen molar-refractivity contribution in [3.63, 3.8) is 0 Å². The standard InChI is InChI=1S/C8H14O2Si/c1-10-7(9)8(5-6-8)11(2,3)4/h5-6H,1-4H3. The van der Waals surface area contributed by atoms with Crippen molar-refractivity contribution in [2.45, 2.75) is 24.7 Å². The van der Waals surface area contributed by atoms with Crippen molar-refractivity contribution in [2.75, 3.05) is 7.11 Å². The van der Waals surface area contributed by atoms with Crippen LogP contribution >= 0.6 is 0 Å². The number of hydrogen-bond donors (Lipinski definition) is 0. The molecule has 0 N–H and O–H groups in total. The number of hydrogen-bond acceptors (Lipinski definition) is 2. The summed E-state index contributed by atoms with van der Waals surface area (Å²) in [6.45, 7) is 6.51. The summed E-state index contributed by atoms with van der Waals surface area (Å²) in [5.41, 5.74) is 0. The Morgan fingerprint density at radius 2 is 1.82 bits per heavy atom. The smallest absolute Gasteiger partial charge is 0.316 e. The van der Waals surface area contributed by atoms with Gasteiger partial charge in [0.15, 0.2) is 0 Å². The first-order valence-electron chi connectivity index (χ1n) is 3.73. The Morgan fingerprint density at radius 3 is 1.91 bits per heavy atom. The lowest BCUT2D eigenvalue weighted by Gasteiger charge is -2.26. The summed E-state index contributed by atoms with van der Waals surface area (Å²) in [5.74, 6) is -0.0864. The summed E-state index contributed by atoms with van der Waals surface area (Å²) in [7, 11) is 0.00521. The van der Waals surface area contributed by atoms with Crippen LogP contribution < -0.4 is 0 Å². The summed E-state index contributed by atoms with van der Waals surface area (Å²) in [5, 5.41) is -0.276. The van der Waals surface area contributed by atoms with E-state index in [-0.39, 0.29) is 11.0 Å². The summed E-state index contributed by atoms with van der Waals surface area (Å²) >= 11 is 0. The molecule has 0 saturated carbocycles. The van der Waals surface area contributed by atoms with Gasteiger partial charge in [-0.2, -0.15) is 0 Å². The SMILES string of the molecule is COC(=O)C1([Si](C)(C)C)C=C1. The van der Waals surface area contributed by atoms with Crippen LogP contribution in [0.15, 0.2) is 12.2 Å². The van der Waals surface area contributed by atoms with Crippen molar-refractivity contribution in [1.29, 1.82) is 0 Å². The van der Waals surface area contributed by atoms with Crippen LogP contribution in [-0.4, -0.2) is 21.2 Å². The van der Waals surface area contributed by atoms with Gasteiger partial charge in [0.1, 0.15) is 0 Å². The van der Waals surface area contributed by atoms with E-state index < -0.39 is 8.07 Å². The summed E-state index contributed by atoms with van der Waals surface area (Å²) in [6.07, 6.45) is 3.93. The maximum absolute atomic E-state index is 11.3. The zero-order valence-electron chi connectivity index (χ0n) is 7.47. The molecule has 0 heterocycles. The van der Waals surface area contributed by atoms with E-state index in [1.807, 2.05) is 12.2 Å². The Bertz CT molecular complexity index is 207.